The summed E-state index contributed by atoms with van der Waals surface area (Å²) in [5.41, 5.74) is 2.10. The number of alkyl halides is 1. The van der Waals surface area contributed by atoms with Gasteiger partial charge in [0.2, 0.25) is 5.91 Å². The van der Waals surface area contributed by atoms with Gasteiger partial charge in [-0.15, -0.1) is 11.6 Å². The predicted octanol–water partition coefficient (Wildman–Crippen LogP) is 2.23. The molecule has 6 heteroatoms. The van der Waals surface area contributed by atoms with Crippen LogP contribution in [0.3, 0.4) is 0 Å². The van der Waals surface area contributed by atoms with E-state index in [4.69, 9.17) is 11.6 Å². The number of hydrogen-bond donors (Lipinski definition) is 0. The maximum Gasteiger partial charge on any atom is 0.251 e. The van der Waals surface area contributed by atoms with E-state index >= 15 is 0 Å². The molecule has 2 rings (SSSR count). The zero-order valence-electron chi connectivity index (χ0n) is 12.6. The summed E-state index contributed by atoms with van der Waals surface area (Å²) in [6, 6.07) is 1.33. The van der Waals surface area contributed by atoms with Gasteiger partial charge in [0, 0.05) is 30.4 Å². The summed E-state index contributed by atoms with van der Waals surface area (Å²) >= 11 is 5.87. The number of Topliss-reactive ketones (excluding diaryl/α,β-unsaturated/α-hetero) is 1. The van der Waals surface area contributed by atoms with Crippen LogP contribution in [0.2, 0.25) is 0 Å². The van der Waals surface area contributed by atoms with E-state index in [0.717, 1.165) is 11.4 Å². The number of halogens is 1. The third-order valence-electron chi connectivity index (χ3n) is 4.04. The molecular formula is C15H19ClN2O3. The van der Waals surface area contributed by atoms with Crippen LogP contribution >= 0.6 is 11.6 Å². The number of aromatic nitrogens is 1. The first-order valence-corrected chi connectivity index (χ1v) is 7.36. The molecule has 5 nitrogen and oxygen atoms in total. The van der Waals surface area contributed by atoms with E-state index in [0.29, 0.717) is 18.4 Å². The zero-order valence-corrected chi connectivity index (χ0v) is 13.4. The SMILES string of the molecule is Cc1cc(C(=O)C(C)Cl)c(C)n1C1CCC(=O)N(C)C1=O. The fraction of sp³-hybridized carbons (Fsp3) is 0.533. The number of carbonyl (C=O) groups is 3. The van der Waals surface area contributed by atoms with Crippen molar-refractivity contribution in [2.45, 2.75) is 45.0 Å². The molecule has 0 spiro atoms. The van der Waals surface area contributed by atoms with Gasteiger partial charge in [0.05, 0.1) is 5.38 Å². The molecule has 2 atom stereocenters. The quantitative estimate of drug-likeness (QED) is 0.489. The number of nitrogens with zero attached hydrogens (tertiary/aromatic N) is 2. The summed E-state index contributed by atoms with van der Waals surface area (Å²) in [7, 11) is 1.50. The summed E-state index contributed by atoms with van der Waals surface area (Å²) in [5.74, 6) is -0.543. The van der Waals surface area contributed by atoms with Crippen LogP contribution in [0.5, 0.6) is 0 Å². The van der Waals surface area contributed by atoms with E-state index in [9.17, 15) is 14.4 Å². The topological polar surface area (TPSA) is 59.4 Å². The molecule has 1 aromatic heterocycles. The van der Waals surface area contributed by atoms with Gasteiger partial charge in [0.15, 0.2) is 5.78 Å². The number of rotatable bonds is 3. The summed E-state index contributed by atoms with van der Waals surface area (Å²) in [6.07, 6.45) is 0.793. The van der Waals surface area contributed by atoms with Gasteiger partial charge in [0.1, 0.15) is 6.04 Å². The second-order valence-electron chi connectivity index (χ2n) is 5.48. The predicted molar refractivity (Wildman–Crippen MR) is 79.6 cm³/mol. The highest BCUT2D eigenvalue weighted by Crippen LogP contribution is 2.29. The molecule has 1 fully saturated rings. The van der Waals surface area contributed by atoms with Crippen molar-refractivity contribution in [1.29, 1.82) is 0 Å². The number of imide groups is 1. The molecule has 0 aromatic carbocycles. The van der Waals surface area contributed by atoms with Crippen molar-refractivity contribution < 1.29 is 14.4 Å². The van der Waals surface area contributed by atoms with Gasteiger partial charge in [0.25, 0.3) is 5.91 Å². The number of likely N-dealkylation sites (N-methyl/N-ethyl adjacent to an activating group) is 1. The lowest BCUT2D eigenvalue weighted by atomic mass is 10.0. The molecule has 0 saturated carbocycles. The second kappa shape index (κ2) is 5.64. The maximum atomic E-state index is 12.3. The minimum absolute atomic E-state index is 0.149. The van der Waals surface area contributed by atoms with Gasteiger partial charge in [-0.2, -0.15) is 0 Å². The van der Waals surface area contributed by atoms with E-state index in [-0.39, 0.29) is 17.6 Å². The van der Waals surface area contributed by atoms with Crippen LogP contribution in [-0.4, -0.2) is 39.5 Å². The standard InChI is InChI=1S/C15H19ClN2O3/c1-8-7-11(14(20)9(2)16)10(3)18(8)12-5-6-13(19)17(4)15(12)21/h7,9,12H,5-6H2,1-4H3. The highest BCUT2D eigenvalue weighted by molar-refractivity contribution is 6.33. The summed E-state index contributed by atoms with van der Waals surface area (Å²) in [6.45, 7) is 5.30. The number of aryl methyl sites for hydroxylation is 1. The molecule has 2 heterocycles. The van der Waals surface area contributed by atoms with Crippen LogP contribution in [0.15, 0.2) is 6.07 Å². The molecule has 0 N–H and O–H groups in total. The van der Waals surface area contributed by atoms with Crippen molar-refractivity contribution in [2.75, 3.05) is 7.05 Å². The Kier molecular flexibility index (Phi) is 4.23. The average Bonchev–Trinajstić information content (AvgIpc) is 2.71. The highest BCUT2D eigenvalue weighted by Gasteiger charge is 2.35. The lowest BCUT2D eigenvalue weighted by molar-refractivity contribution is -0.149. The molecule has 2 unspecified atom stereocenters. The van der Waals surface area contributed by atoms with Crippen LogP contribution in [0, 0.1) is 13.8 Å². The Morgan fingerprint density at radius 3 is 2.57 bits per heavy atom. The molecule has 1 aliphatic heterocycles. The number of ketones is 1. The normalized spacial score (nSPS) is 20.8. The molecule has 114 valence electrons. The zero-order chi connectivity index (χ0) is 15.9. The van der Waals surface area contributed by atoms with Crippen LogP contribution in [0.25, 0.3) is 0 Å². The molecule has 0 radical (unpaired) electrons. The molecule has 2 amide bonds. The van der Waals surface area contributed by atoms with Gasteiger partial charge >= 0.3 is 0 Å². The van der Waals surface area contributed by atoms with Crippen molar-refractivity contribution in [2.24, 2.45) is 0 Å². The van der Waals surface area contributed by atoms with Gasteiger partial charge in [-0.3, -0.25) is 19.3 Å². The summed E-state index contributed by atoms with van der Waals surface area (Å²) < 4.78 is 1.85. The molecule has 0 aliphatic carbocycles. The number of likely N-dealkylation sites (tertiary alicyclic amines) is 1. The van der Waals surface area contributed by atoms with E-state index in [1.165, 1.54) is 11.9 Å². The molecule has 1 aliphatic rings. The first kappa shape index (κ1) is 15.8. The van der Waals surface area contributed by atoms with Gasteiger partial charge in [-0.25, -0.2) is 0 Å². The molecule has 0 bridgehead atoms. The minimum Gasteiger partial charge on any atom is -0.336 e. The lowest BCUT2D eigenvalue weighted by Crippen LogP contribution is -2.43. The Hall–Kier alpha value is -1.62. The van der Waals surface area contributed by atoms with Crippen molar-refractivity contribution in [3.63, 3.8) is 0 Å². The van der Waals surface area contributed by atoms with Crippen LogP contribution < -0.4 is 0 Å². The lowest BCUT2D eigenvalue weighted by Gasteiger charge is -2.30. The number of hydrogen-bond acceptors (Lipinski definition) is 3. The smallest absolute Gasteiger partial charge is 0.251 e. The van der Waals surface area contributed by atoms with Crippen molar-refractivity contribution in [3.8, 4) is 0 Å². The highest BCUT2D eigenvalue weighted by atomic mass is 35.5. The Morgan fingerprint density at radius 1 is 1.38 bits per heavy atom. The Labute approximate surface area is 128 Å². The van der Waals surface area contributed by atoms with Crippen molar-refractivity contribution in [3.05, 3.63) is 23.0 Å². The molecule has 1 saturated heterocycles. The average molecular weight is 311 g/mol. The third kappa shape index (κ3) is 2.62. The van der Waals surface area contributed by atoms with Crippen molar-refractivity contribution >= 4 is 29.2 Å². The van der Waals surface area contributed by atoms with Crippen LogP contribution in [-0.2, 0) is 9.59 Å². The number of piperidine rings is 1. The number of amides is 2. The van der Waals surface area contributed by atoms with E-state index in [1.54, 1.807) is 13.0 Å². The first-order chi connectivity index (χ1) is 9.75. The molecule has 1 aromatic rings. The van der Waals surface area contributed by atoms with Crippen LogP contribution in [0.4, 0.5) is 0 Å². The summed E-state index contributed by atoms with van der Waals surface area (Å²) in [5, 5.41) is -0.606. The monoisotopic (exact) mass is 310 g/mol. The van der Waals surface area contributed by atoms with Gasteiger partial charge in [-0.05, 0) is 33.3 Å². The summed E-state index contributed by atoms with van der Waals surface area (Å²) in [4.78, 5) is 37.2. The Morgan fingerprint density at radius 2 is 2.00 bits per heavy atom. The van der Waals surface area contributed by atoms with Crippen molar-refractivity contribution in [1.82, 2.24) is 9.47 Å². The Balaban J connectivity index is 2.44. The minimum atomic E-state index is -0.606. The molecule has 21 heavy (non-hydrogen) atoms. The second-order valence-corrected chi connectivity index (χ2v) is 6.14. The van der Waals surface area contributed by atoms with Gasteiger partial charge in [-0.1, -0.05) is 0 Å². The fourth-order valence-electron chi connectivity index (χ4n) is 2.86. The van der Waals surface area contributed by atoms with E-state index in [1.807, 2.05) is 18.4 Å². The Bertz CT molecular complexity index is 619. The third-order valence-corrected chi connectivity index (χ3v) is 4.24. The van der Waals surface area contributed by atoms with Gasteiger partial charge < -0.3 is 4.57 Å². The fourth-order valence-corrected chi connectivity index (χ4v) is 2.98. The maximum absolute atomic E-state index is 12.3. The number of carbonyl (C=O) groups excluding carboxylic acids is 3. The largest absolute Gasteiger partial charge is 0.336 e. The van der Waals surface area contributed by atoms with E-state index in [2.05, 4.69) is 0 Å². The van der Waals surface area contributed by atoms with E-state index < -0.39 is 11.4 Å². The first-order valence-electron chi connectivity index (χ1n) is 6.92. The van der Waals surface area contributed by atoms with Crippen LogP contribution in [0.1, 0.15) is 47.6 Å². The molecular weight excluding hydrogens is 292 g/mol.